The number of nitrogens with zero attached hydrogens (tertiary/aromatic N) is 1. The Morgan fingerprint density at radius 2 is 1.96 bits per heavy atom. The van der Waals surface area contributed by atoms with Crippen molar-refractivity contribution in [3.05, 3.63) is 45.9 Å². The number of carbonyl (C=O) groups excluding carboxylic acids is 1. The van der Waals surface area contributed by atoms with E-state index in [0.717, 1.165) is 36.5 Å². The molecule has 0 aliphatic carbocycles. The minimum Gasteiger partial charge on any atom is -0.347 e. The third-order valence-electron chi connectivity index (χ3n) is 4.15. The molecule has 1 fully saturated rings. The lowest BCUT2D eigenvalue weighted by atomic mass is 9.99. The molecule has 134 valence electrons. The average Bonchev–Trinajstić information content (AvgIpc) is 3.10. The first-order chi connectivity index (χ1) is 11.9. The lowest BCUT2D eigenvalue weighted by Gasteiger charge is -2.20. The Labute approximate surface area is 150 Å². The van der Waals surface area contributed by atoms with Crippen LogP contribution in [0.1, 0.15) is 39.8 Å². The Morgan fingerprint density at radius 3 is 2.60 bits per heavy atom. The van der Waals surface area contributed by atoms with Crippen molar-refractivity contribution in [1.82, 2.24) is 15.6 Å². The second kappa shape index (κ2) is 7.61. The van der Waals surface area contributed by atoms with Crippen LogP contribution >= 0.6 is 11.3 Å². The van der Waals surface area contributed by atoms with Gasteiger partial charge in [0, 0.05) is 17.8 Å². The first-order valence-corrected chi connectivity index (χ1v) is 10.4. The summed E-state index contributed by atoms with van der Waals surface area (Å²) in [5, 5.41) is 14.0. The maximum absolute atomic E-state index is 12.2. The van der Waals surface area contributed by atoms with Crippen molar-refractivity contribution in [3.8, 4) is 0 Å². The first kappa shape index (κ1) is 18.0. The van der Waals surface area contributed by atoms with Crippen molar-refractivity contribution < 1.29 is 13.2 Å². The molecule has 0 atom stereocenters. The van der Waals surface area contributed by atoms with E-state index in [9.17, 15) is 13.2 Å². The van der Waals surface area contributed by atoms with Crippen molar-refractivity contribution in [2.45, 2.75) is 30.2 Å². The minimum absolute atomic E-state index is 0.0497. The summed E-state index contributed by atoms with van der Waals surface area (Å²) in [4.78, 5) is 16.8. The molecule has 1 amide bonds. The highest BCUT2D eigenvalue weighted by Gasteiger charge is 2.20. The second-order valence-electron chi connectivity index (χ2n) is 5.97. The predicted molar refractivity (Wildman–Crippen MR) is 95.9 cm³/mol. The highest BCUT2D eigenvalue weighted by Crippen LogP contribution is 2.27. The number of piperidine rings is 1. The van der Waals surface area contributed by atoms with Gasteiger partial charge in [-0.15, -0.1) is 11.3 Å². The number of benzene rings is 1. The van der Waals surface area contributed by atoms with E-state index in [1.54, 1.807) is 17.5 Å². The van der Waals surface area contributed by atoms with Crippen LogP contribution < -0.4 is 15.8 Å². The molecule has 0 bridgehead atoms. The largest absolute Gasteiger partial charge is 0.347 e. The van der Waals surface area contributed by atoms with E-state index in [-0.39, 0.29) is 10.8 Å². The van der Waals surface area contributed by atoms with Crippen molar-refractivity contribution >= 4 is 27.3 Å². The van der Waals surface area contributed by atoms with Crippen LogP contribution in [0.2, 0.25) is 0 Å². The van der Waals surface area contributed by atoms with Crippen LogP contribution in [0.4, 0.5) is 0 Å². The molecule has 0 radical (unpaired) electrons. The van der Waals surface area contributed by atoms with Crippen LogP contribution in [0.25, 0.3) is 0 Å². The van der Waals surface area contributed by atoms with Gasteiger partial charge in [0.15, 0.2) is 0 Å². The fourth-order valence-corrected chi connectivity index (χ4v) is 4.20. The van der Waals surface area contributed by atoms with Crippen LogP contribution in [0.5, 0.6) is 0 Å². The Hall–Kier alpha value is -1.81. The molecule has 0 saturated carbocycles. The summed E-state index contributed by atoms with van der Waals surface area (Å²) in [6.07, 6.45) is 2.09. The SMILES string of the molecule is NS(=O)(=O)c1ccc(CNC(=O)c2csc(C3CCNCC3)n2)cc1. The summed E-state index contributed by atoms with van der Waals surface area (Å²) in [5.41, 5.74) is 1.22. The van der Waals surface area contributed by atoms with E-state index in [0.29, 0.717) is 18.2 Å². The normalized spacial score (nSPS) is 15.9. The maximum atomic E-state index is 12.2. The van der Waals surface area contributed by atoms with Gasteiger partial charge in [-0.05, 0) is 43.6 Å². The van der Waals surface area contributed by atoms with Gasteiger partial charge in [0.1, 0.15) is 5.69 Å². The number of sulfonamides is 1. The van der Waals surface area contributed by atoms with E-state index in [4.69, 9.17) is 5.14 Å². The van der Waals surface area contributed by atoms with Crippen LogP contribution in [-0.2, 0) is 16.6 Å². The van der Waals surface area contributed by atoms with Gasteiger partial charge in [0.25, 0.3) is 5.91 Å². The van der Waals surface area contributed by atoms with Gasteiger partial charge >= 0.3 is 0 Å². The highest BCUT2D eigenvalue weighted by molar-refractivity contribution is 7.89. The van der Waals surface area contributed by atoms with Crippen molar-refractivity contribution in [3.63, 3.8) is 0 Å². The van der Waals surface area contributed by atoms with Crippen molar-refractivity contribution in [2.75, 3.05) is 13.1 Å². The molecule has 1 aliphatic heterocycles. The number of nitrogens with one attached hydrogen (secondary N) is 2. The maximum Gasteiger partial charge on any atom is 0.271 e. The van der Waals surface area contributed by atoms with Crippen molar-refractivity contribution in [1.29, 1.82) is 0 Å². The zero-order chi connectivity index (χ0) is 17.9. The molecule has 7 nitrogen and oxygen atoms in total. The average molecular weight is 380 g/mol. The summed E-state index contributed by atoms with van der Waals surface area (Å²) in [6, 6.07) is 6.10. The molecule has 25 heavy (non-hydrogen) atoms. The summed E-state index contributed by atoms with van der Waals surface area (Å²) < 4.78 is 22.5. The molecule has 1 saturated heterocycles. The molecule has 4 N–H and O–H groups in total. The van der Waals surface area contributed by atoms with E-state index >= 15 is 0 Å². The van der Waals surface area contributed by atoms with Gasteiger partial charge < -0.3 is 10.6 Å². The molecule has 2 heterocycles. The number of hydrogen-bond acceptors (Lipinski definition) is 6. The summed E-state index contributed by atoms with van der Waals surface area (Å²) in [6.45, 7) is 2.27. The standard InChI is InChI=1S/C16H20N4O3S2/c17-25(22,23)13-3-1-11(2-4-13)9-19-15(21)14-10-24-16(20-14)12-5-7-18-8-6-12/h1-4,10,12,18H,5-9H2,(H,19,21)(H2,17,22,23). The molecule has 1 aliphatic rings. The number of rotatable bonds is 5. The fourth-order valence-electron chi connectivity index (χ4n) is 2.72. The van der Waals surface area contributed by atoms with Gasteiger partial charge in [0.05, 0.1) is 9.90 Å². The van der Waals surface area contributed by atoms with E-state index < -0.39 is 10.0 Å². The highest BCUT2D eigenvalue weighted by atomic mass is 32.2. The Bertz CT molecular complexity index is 841. The zero-order valence-corrected chi connectivity index (χ0v) is 15.2. The number of nitrogens with two attached hydrogens (primary N) is 1. The molecule has 9 heteroatoms. The zero-order valence-electron chi connectivity index (χ0n) is 13.6. The van der Waals surface area contributed by atoms with Gasteiger partial charge in [-0.2, -0.15) is 0 Å². The number of carbonyl (C=O) groups is 1. The van der Waals surface area contributed by atoms with E-state index in [1.807, 2.05) is 0 Å². The number of thiazole rings is 1. The molecule has 0 spiro atoms. The van der Waals surface area contributed by atoms with E-state index in [1.165, 1.54) is 23.5 Å². The molecule has 3 rings (SSSR count). The van der Waals surface area contributed by atoms with Gasteiger partial charge in [0.2, 0.25) is 10.0 Å². The first-order valence-electron chi connectivity index (χ1n) is 7.99. The Balaban J connectivity index is 1.58. The van der Waals surface area contributed by atoms with Gasteiger partial charge in [-0.1, -0.05) is 12.1 Å². The number of aromatic nitrogens is 1. The van der Waals surface area contributed by atoms with Crippen LogP contribution in [0, 0.1) is 0 Å². The Morgan fingerprint density at radius 1 is 1.28 bits per heavy atom. The predicted octanol–water partition coefficient (Wildman–Crippen LogP) is 1.19. The molecule has 1 aromatic carbocycles. The number of hydrogen-bond donors (Lipinski definition) is 3. The lowest BCUT2D eigenvalue weighted by Crippen LogP contribution is -2.27. The topological polar surface area (TPSA) is 114 Å². The van der Waals surface area contributed by atoms with Gasteiger partial charge in [-0.25, -0.2) is 18.5 Å². The quantitative estimate of drug-likeness (QED) is 0.721. The minimum atomic E-state index is -3.70. The summed E-state index contributed by atoms with van der Waals surface area (Å²) >= 11 is 1.53. The Kier molecular flexibility index (Phi) is 5.48. The van der Waals surface area contributed by atoms with Crippen molar-refractivity contribution in [2.24, 2.45) is 5.14 Å². The third-order valence-corrected chi connectivity index (χ3v) is 6.08. The van der Waals surface area contributed by atoms with Crippen LogP contribution in [0.15, 0.2) is 34.5 Å². The fraction of sp³-hybridized carbons (Fsp3) is 0.375. The molecule has 1 aromatic heterocycles. The molecular formula is C16H20N4O3S2. The molecule has 0 unspecified atom stereocenters. The monoisotopic (exact) mass is 380 g/mol. The number of amides is 1. The molecular weight excluding hydrogens is 360 g/mol. The lowest BCUT2D eigenvalue weighted by molar-refractivity contribution is 0.0946. The van der Waals surface area contributed by atoms with E-state index in [2.05, 4.69) is 15.6 Å². The number of primary sulfonamides is 1. The second-order valence-corrected chi connectivity index (χ2v) is 8.42. The van der Waals surface area contributed by atoms with Crippen LogP contribution in [0.3, 0.4) is 0 Å². The molecule has 2 aromatic rings. The smallest absolute Gasteiger partial charge is 0.271 e. The summed E-state index contributed by atoms with van der Waals surface area (Å²) in [5.74, 6) is 0.200. The summed E-state index contributed by atoms with van der Waals surface area (Å²) in [7, 11) is -3.70. The third kappa shape index (κ3) is 4.63. The van der Waals surface area contributed by atoms with Gasteiger partial charge in [-0.3, -0.25) is 4.79 Å². The van der Waals surface area contributed by atoms with Crippen LogP contribution in [-0.4, -0.2) is 32.4 Å².